The molecule has 0 bridgehead atoms. The lowest BCUT2D eigenvalue weighted by atomic mass is 10.2. The van der Waals surface area contributed by atoms with Gasteiger partial charge in [-0.05, 0) is 117 Å². The summed E-state index contributed by atoms with van der Waals surface area (Å²) < 4.78 is 21.4. The fraction of sp³-hybridized carbons (Fsp3) is 1.00. The van der Waals surface area contributed by atoms with Crippen LogP contribution < -0.4 is 0 Å². The highest BCUT2D eigenvalue weighted by Crippen LogP contribution is 2.15. The van der Waals surface area contributed by atoms with Gasteiger partial charge in [0.05, 0.1) is 0 Å². The molecule has 1 aliphatic heterocycles. The minimum Gasteiger partial charge on any atom is -0.308 e. The normalized spacial score (nSPS) is 18.5. The Morgan fingerprint density at radius 3 is 1.45 bits per heavy atom. The zero-order valence-electron chi connectivity index (χ0n) is 27.1. The molecule has 0 saturated carbocycles. The SMILES string of the molecule is C.CC(C)N(C)CC1CCCN1C.CC(C)N(C)CCN(C)C.[2H]C([2H])([2H])N(C)CCN(C)C(C)C. The lowest BCUT2D eigenvalue weighted by Crippen LogP contribution is -2.39. The minimum atomic E-state index is -1.96. The molecule has 0 aromatic heterocycles. The number of hydrogen-bond acceptors (Lipinski definition) is 6. The van der Waals surface area contributed by atoms with Crippen molar-refractivity contribution in [3.8, 4) is 0 Å². The molecule has 0 radical (unpaired) electrons. The molecule has 0 N–H and O–H groups in total. The van der Waals surface area contributed by atoms with Crippen molar-refractivity contribution in [3.05, 3.63) is 0 Å². The standard InChI is InChI=1S/C10H22N2.2C8H20N2.CH4/c1-9(2)12(4)8-10-6-5-7-11(10)3;2*1-8(2)10(5)7-6-9(3)4;/h9-10H,5-8H2,1-4H3;2*8H,6-7H2,1-5H3;1H4/i;3D3;;. The first-order valence-electron chi connectivity index (χ1n) is 14.1. The second-order valence-corrected chi connectivity index (χ2v) is 10.7. The largest absolute Gasteiger partial charge is 0.308 e. The quantitative estimate of drug-likeness (QED) is 0.447. The Morgan fingerprint density at radius 2 is 1.15 bits per heavy atom. The first-order chi connectivity index (χ1) is 15.9. The molecule has 1 aliphatic rings. The maximum Gasteiger partial charge on any atom is 0.0394 e. The van der Waals surface area contributed by atoms with Gasteiger partial charge in [0, 0.05) is 61.0 Å². The van der Waals surface area contributed by atoms with Crippen molar-refractivity contribution in [2.75, 3.05) is 95.6 Å². The zero-order valence-corrected chi connectivity index (χ0v) is 24.1. The molecule has 1 fully saturated rings. The second kappa shape index (κ2) is 21.1. The van der Waals surface area contributed by atoms with E-state index >= 15 is 0 Å². The van der Waals surface area contributed by atoms with Crippen LogP contribution in [-0.4, -0.2) is 149 Å². The van der Waals surface area contributed by atoms with Gasteiger partial charge in [0.25, 0.3) is 0 Å². The average molecular weight is 478 g/mol. The summed E-state index contributed by atoms with van der Waals surface area (Å²) in [5.74, 6) is 0. The Morgan fingerprint density at radius 1 is 0.727 bits per heavy atom. The maximum absolute atomic E-state index is 7.13. The molecule has 0 spiro atoms. The van der Waals surface area contributed by atoms with E-state index in [9.17, 15) is 0 Å². The highest BCUT2D eigenvalue weighted by molar-refractivity contribution is 4.79. The predicted octanol–water partition coefficient (Wildman–Crippen LogP) is 3.83. The molecule has 1 rings (SSSR count). The van der Waals surface area contributed by atoms with Gasteiger partial charge >= 0.3 is 0 Å². The van der Waals surface area contributed by atoms with E-state index in [-0.39, 0.29) is 7.43 Å². The highest BCUT2D eigenvalue weighted by atomic mass is 15.2. The summed E-state index contributed by atoms with van der Waals surface area (Å²) in [6, 6.07) is 2.61. The third-order valence-electron chi connectivity index (χ3n) is 6.50. The van der Waals surface area contributed by atoms with Gasteiger partial charge in [0.1, 0.15) is 0 Å². The van der Waals surface area contributed by atoms with Crippen LogP contribution in [0.1, 0.15) is 65.9 Å². The molecule has 0 amide bonds. The van der Waals surface area contributed by atoms with E-state index in [1.165, 1.54) is 30.8 Å². The molecule has 1 saturated heterocycles. The number of hydrogen-bond donors (Lipinski definition) is 0. The summed E-state index contributed by atoms with van der Waals surface area (Å²) in [5, 5.41) is 0. The molecule has 204 valence electrons. The minimum absolute atomic E-state index is 0. The molecular formula is C27H66N6. The lowest BCUT2D eigenvalue weighted by molar-refractivity contribution is 0.192. The second-order valence-electron chi connectivity index (χ2n) is 10.7. The van der Waals surface area contributed by atoms with E-state index in [1.807, 2.05) is 7.05 Å². The lowest BCUT2D eigenvalue weighted by Gasteiger charge is -2.28. The fourth-order valence-electron chi connectivity index (χ4n) is 2.94. The summed E-state index contributed by atoms with van der Waals surface area (Å²) in [6.45, 7) is 17.4. The first kappa shape index (κ1) is 30.8. The fourth-order valence-corrected chi connectivity index (χ4v) is 2.94. The van der Waals surface area contributed by atoms with Crippen LogP contribution in [0.5, 0.6) is 0 Å². The molecule has 0 aliphatic carbocycles. The van der Waals surface area contributed by atoms with Gasteiger partial charge in [0.15, 0.2) is 0 Å². The van der Waals surface area contributed by atoms with Crippen molar-refractivity contribution in [2.45, 2.75) is 86.0 Å². The number of rotatable bonds is 11. The summed E-state index contributed by atoms with van der Waals surface area (Å²) >= 11 is 0. The highest BCUT2D eigenvalue weighted by Gasteiger charge is 2.22. The van der Waals surface area contributed by atoms with Gasteiger partial charge in [-0.25, -0.2) is 0 Å². The molecule has 6 heteroatoms. The summed E-state index contributed by atoms with van der Waals surface area (Å²) in [4.78, 5) is 13.0. The molecule has 0 aromatic rings. The van der Waals surface area contributed by atoms with Gasteiger partial charge in [-0.15, -0.1) is 0 Å². The van der Waals surface area contributed by atoms with Crippen molar-refractivity contribution in [3.63, 3.8) is 0 Å². The third-order valence-corrected chi connectivity index (χ3v) is 6.50. The summed E-state index contributed by atoms with van der Waals surface area (Å²) in [6.07, 6.45) is 2.76. The number of likely N-dealkylation sites (tertiary alicyclic amines) is 1. The average Bonchev–Trinajstić information content (AvgIpc) is 3.14. The van der Waals surface area contributed by atoms with Crippen LogP contribution in [0.4, 0.5) is 0 Å². The van der Waals surface area contributed by atoms with E-state index in [0.717, 1.165) is 25.7 Å². The smallest absolute Gasteiger partial charge is 0.0394 e. The molecule has 0 aromatic carbocycles. The Bertz CT molecular complexity index is 500. The predicted molar refractivity (Wildman–Crippen MR) is 153 cm³/mol. The Balaban J connectivity index is -0.000000451. The molecule has 1 atom stereocenters. The van der Waals surface area contributed by atoms with E-state index in [0.29, 0.717) is 24.7 Å². The molecular weight excluding hydrogens is 408 g/mol. The van der Waals surface area contributed by atoms with Gasteiger partial charge in [0.2, 0.25) is 0 Å². The summed E-state index contributed by atoms with van der Waals surface area (Å²) in [7, 11) is 14.5. The van der Waals surface area contributed by atoms with E-state index in [1.54, 1.807) is 7.05 Å². The first-order valence-corrected chi connectivity index (χ1v) is 12.6. The maximum atomic E-state index is 7.13. The van der Waals surface area contributed by atoms with E-state index in [2.05, 4.69) is 101 Å². The van der Waals surface area contributed by atoms with Crippen LogP contribution in [0.15, 0.2) is 0 Å². The van der Waals surface area contributed by atoms with Crippen molar-refractivity contribution < 1.29 is 4.11 Å². The third kappa shape index (κ3) is 22.0. The molecule has 33 heavy (non-hydrogen) atoms. The van der Waals surface area contributed by atoms with E-state index in [4.69, 9.17) is 4.11 Å². The van der Waals surface area contributed by atoms with Gasteiger partial charge in [-0.1, -0.05) is 7.43 Å². The van der Waals surface area contributed by atoms with Crippen molar-refractivity contribution in [2.24, 2.45) is 0 Å². The van der Waals surface area contributed by atoms with Crippen molar-refractivity contribution in [1.82, 2.24) is 29.4 Å². The zero-order chi connectivity index (χ0) is 27.9. The van der Waals surface area contributed by atoms with Gasteiger partial charge in [-0.3, -0.25) is 0 Å². The molecule has 6 nitrogen and oxygen atoms in total. The Labute approximate surface area is 215 Å². The number of nitrogens with zero attached hydrogens (tertiary/aromatic N) is 6. The molecule has 1 unspecified atom stereocenters. The van der Waals surface area contributed by atoms with Gasteiger partial charge < -0.3 is 29.4 Å². The monoisotopic (exact) mass is 478 g/mol. The van der Waals surface area contributed by atoms with Crippen LogP contribution in [0, 0.1) is 0 Å². The van der Waals surface area contributed by atoms with Crippen molar-refractivity contribution in [1.29, 1.82) is 0 Å². The Hall–Kier alpha value is -0.240. The molecule has 1 heterocycles. The van der Waals surface area contributed by atoms with Gasteiger partial charge in [-0.2, -0.15) is 0 Å². The van der Waals surface area contributed by atoms with E-state index < -0.39 is 6.98 Å². The summed E-state index contributed by atoms with van der Waals surface area (Å²) in [5.41, 5.74) is 0. The Kier molecular flexibility index (Phi) is 19.7. The van der Waals surface area contributed by atoms with Crippen LogP contribution in [0.3, 0.4) is 0 Å². The van der Waals surface area contributed by atoms with Crippen LogP contribution in [-0.2, 0) is 0 Å². The topological polar surface area (TPSA) is 19.4 Å². The van der Waals surface area contributed by atoms with Crippen LogP contribution in [0.2, 0.25) is 0 Å². The van der Waals surface area contributed by atoms with Crippen LogP contribution >= 0.6 is 0 Å². The van der Waals surface area contributed by atoms with Crippen molar-refractivity contribution >= 4 is 0 Å². The number of likely N-dealkylation sites (N-methyl/N-ethyl adjacent to an activating group) is 6. The van der Waals surface area contributed by atoms with Crippen LogP contribution in [0.25, 0.3) is 0 Å².